The first kappa shape index (κ1) is 13.0. The summed E-state index contributed by atoms with van der Waals surface area (Å²) in [7, 11) is 1.48. The Labute approximate surface area is 110 Å². The molecule has 0 saturated heterocycles. The molecule has 7 nitrogen and oxygen atoms in total. The van der Waals surface area contributed by atoms with Crippen LogP contribution in [-0.2, 0) is 6.54 Å². The van der Waals surface area contributed by atoms with Crippen LogP contribution >= 0.6 is 0 Å². The lowest BCUT2D eigenvalue weighted by Gasteiger charge is -2.11. The van der Waals surface area contributed by atoms with E-state index in [1.54, 1.807) is 25.3 Å². The van der Waals surface area contributed by atoms with Crippen LogP contribution in [0, 0.1) is 6.92 Å². The second-order valence-corrected chi connectivity index (χ2v) is 4.00. The number of aromatic nitrogens is 3. The molecule has 2 aromatic heterocycles. The second kappa shape index (κ2) is 5.49. The number of hydrazine groups is 1. The van der Waals surface area contributed by atoms with Gasteiger partial charge in [-0.1, -0.05) is 0 Å². The maximum absolute atomic E-state index is 12.0. The van der Waals surface area contributed by atoms with Crippen LogP contribution in [0.2, 0.25) is 0 Å². The molecule has 3 N–H and O–H groups in total. The van der Waals surface area contributed by atoms with Crippen molar-refractivity contribution in [1.82, 2.24) is 14.5 Å². The van der Waals surface area contributed by atoms with Crippen molar-refractivity contribution in [2.24, 2.45) is 5.84 Å². The van der Waals surface area contributed by atoms with Gasteiger partial charge >= 0.3 is 0 Å². The van der Waals surface area contributed by atoms with Crippen LogP contribution in [-0.4, -0.2) is 21.6 Å². The highest BCUT2D eigenvalue weighted by atomic mass is 16.5. The van der Waals surface area contributed by atoms with Crippen LogP contribution in [0.15, 0.2) is 29.2 Å². The van der Waals surface area contributed by atoms with E-state index in [1.807, 2.05) is 0 Å². The van der Waals surface area contributed by atoms with E-state index in [9.17, 15) is 4.79 Å². The molecule has 0 amide bonds. The summed E-state index contributed by atoms with van der Waals surface area (Å²) in [5.41, 5.74) is 3.79. The van der Waals surface area contributed by atoms with E-state index in [-0.39, 0.29) is 11.6 Å². The van der Waals surface area contributed by atoms with Gasteiger partial charge in [-0.3, -0.25) is 9.36 Å². The zero-order valence-electron chi connectivity index (χ0n) is 10.8. The minimum Gasteiger partial charge on any atom is -0.468 e. The van der Waals surface area contributed by atoms with Crippen molar-refractivity contribution in [1.29, 1.82) is 0 Å². The Morgan fingerprint density at radius 3 is 2.95 bits per heavy atom. The number of rotatable bonds is 4. The molecule has 7 heteroatoms. The first-order valence-electron chi connectivity index (χ1n) is 5.68. The van der Waals surface area contributed by atoms with Crippen LogP contribution in [0.3, 0.4) is 0 Å². The van der Waals surface area contributed by atoms with Gasteiger partial charge in [0.2, 0.25) is 0 Å². The van der Waals surface area contributed by atoms with E-state index in [2.05, 4.69) is 15.4 Å². The molecule has 2 rings (SSSR count). The molecule has 0 spiro atoms. The van der Waals surface area contributed by atoms with E-state index in [0.717, 1.165) is 5.56 Å². The first-order chi connectivity index (χ1) is 9.13. The Bertz CT molecular complexity index is 638. The van der Waals surface area contributed by atoms with Gasteiger partial charge in [0, 0.05) is 18.0 Å². The summed E-state index contributed by atoms with van der Waals surface area (Å²) in [5.74, 6) is 5.83. The second-order valence-electron chi connectivity index (χ2n) is 4.00. The highest BCUT2D eigenvalue weighted by Gasteiger charge is 2.08. The molecule has 0 bridgehead atoms. The van der Waals surface area contributed by atoms with Crippen molar-refractivity contribution >= 4 is 5.82 Å². The lowest BCUT2D eigenvalue weighted by Crippen LogP contribution is -2.23. The number of hydrogen-bond acceptors (Lipinski definition) is 6. The lowest BCUT2D eigenvalue weighted by atomic mass is 10.2. The molecule has 0 saturated carbocycles. The van der Waals surface area contributed by atoms with Crippen molar-refractivity contribution in [3.8, 4) is 6.01 Å². The van der Waals surface area contributed by atoms with Crippen LogP contribution in [0.1, 0.15) is 11.3 Å². The number of nitrogens with two attached hydrogens (primary N) is 1. The molecule has 0 aliphatic carbocycles. The Morgan fingerprint density at radius 2 is 2.26 bits per heavy atom. The summed E-state index contributed by atoms with van der Waals surface area (Å²) in [5, 5.41) is 0. The average Bonchev–Trinajstić information content (AvgIpc) is 2.41. The van der Waals surface area contributed by atoms with Crippen LogP contribution < -0.4 is 21.6 Å². The number of hydrogen-bond donors (Lipinski definition) is 2. The molecule has 2 heterocycles. The van der Waals surface area contributed by atoms with E-state index < -0.39 is 0 Å². The minimum absolute atomic E-state index is 0.164. The summed E-state index contributed by atoms with van der Waals surface area (Å²) in [6.45, 7) is 2.09. The number of nitrogens with zero attached hydrogens (tertiary/aromatic N) is 3. The molecule has 0 aliphatic rings. The van der Waals surface area contributed by atoms with Crippen molar-refractivity contribution in [3.05, 3.63) is 46.0 Å². The fraction of sp³-hybridized carbons (Fsp3) is 0.250. The molecule has 0 atom stereocenters. The highest BCUT2D eigenvalue weighted by Crippen LogP contribution is 2.10. The maximum atomic E-state index is 12.0. The van der Waals surface area contributed by atoms with E-state index in [1.165, 1.54) is 17.7 Å². The number of pyridine rings is 1. The van der Waals surface area contributed by atoms with Crippen molar-refractivity contribution in [2.45, 2.75) is 13.5 Å². The van der Waals surface area contributed by atoms with Gasteiger partial charge in [-0.2, -0.15) is 0 Å². The van der Waals surface area contributed by atoms with Crippen LogP contribution in [0.5, 0.6) is 6.01 Å². The third kappa shape index (κ3) is 2.89. The largest absolute Gasteiger partial charge is 0.468 e. The molecule has 0 radical (unpaired) electrons. The zero-order valence-corrected chi connectivity index (χ0v) is 10.8. The summed E-state index contributed by atoms with van der Waals surface area (Å²) in [4.78, 5) is 20.1. The van der Waals surface area contributed by atoms with Gasteiger partial charge in [0.25, 0.3) is 11.6 Å². The summed E-state index contributed by atoms with van der Waals surface area (Å²) in [6.07, 6.45) is 1.61. The van der Waals surface area contributed by atoms with Gasteiger partial charge < -0.3 is 10.2 Å². The van der Waals surface area contributed by atoms with Crippen molar-refractivity contribution < 1.29 is 4.74 Å². The van der Waals surface area contributed by atoms with Gasteiger partial charge in [-0.15, -0.1) is 0 Å². The van der Waals surface area contributed by atoms with Gasteiger partial charge in [0.05, 0.1) is 13.7 Å². The minimum atomic E-state index is -0.164. The highest BCUT2D eigenvalue weighted by molar-refractivity contribution is 5.36. The summed E-state index contributed by atoms with van der Waals surface area (Å²) < 4.78 is 6.58. The number of ether oxygens (including phenoxy) is 1. The smallest absolute Gasteiger partial charge is 0.299 e. The Morgan fingerprint density at radius 1 is 1.47 bits per heavy atom. The predicted molar refractivity (Wildman–Crippen MR) is 70.9 cm³/mol. The molecule has 100 valence electrons. The first-order valence-corrected chi connectivity index (χ1v) is 5.68. The lowest BCUT2D eigenvalue weighted by molar-refractivity contribution is 0.350. The average molecular weight is 261 g/mol. The molecule has 0 fully saturated rings. The standard InChI is InChI=1S/C12H15N5O2/c1-8-5-11(18)17(12(15-8)19-2)7-9-3-4-14-10(6-9)16-13/h3-6H,7,13H2,1-2H3,(H,14,16). The molecule has 0 aromatic carbocycles. The topological polar surface area (TPSA) is 95.1 Å². The Kier molecular flexibility index (Phi) is 3.76. The monoisotopic (exact) mass is 261 g/mol. The third-order valence-electron chi connectivity index (χ3n) is 2.60. The van der Waals surface area contributed by atoms with E-state index in [4.69, 9.17) is 10.6 Å². The predicted octanol–water partition coefficient (Wildman–Crippen LogP) is 0.289. The van der Waals surface area contributed by atoms with Gasteiger partial charge in [0.1, 0.15) is 5.82 Å². The number of nitrogen functional groups attached to an aromatic ring is 1. The number of aryl methyl sites for hydroxylation is 1. The van der Waals surface area contributed by atoms with E-state index in [0.29, 0.717) is 18.1 Å². The molecule has 19 heavy (non-hydrogen) atoms. The third-order valence-corrected chi connectivity index (χ3v) is 2.60. The maximum Gasteiger partial charge on any atom is 0.299 e. The van der Waals surface area contributed by atoms with Crippen molar-refractivity contribution in [2.75, 3.05) is 12.5 Å². The number of anilines is 1. The fourth-order valence-corrected chi connectivity index (χ4v) is 1.73. The zero-order chi connectivity index (χ0) is 13.8. The van der Waals surface area contributed by atoms with E-state index >= 15 is 0 Å². The number of nitrogens with one attached hydrogen (secondary N) is 1. The quantitative estimate of drug-likeness (QED) is 0.606. The number of methoxy groups -OCH3 is 1. The molecule has 2 aromatic rings. The van der Waals surface area contributed by atoms with Gasteiger partial charge in [-0.25, -0.2) is 15.8 Å². The molecular weight excluding hydrogens is 246 g/mol. The normalized spacial score (nSPS) is 10.3. The van der Waals surface area contributed by atoms with Crippen LogP contribution in [0.4, 0.5) is 5.82 Å². The van der Waals surface area contributed by atoms with Gasteiger partial charge in [-0.05, 0) is 24.6 Å². The summed E-state index contributed by atoms with van der Waals surface area (Å²) in [6, 6.07) is 5.30. The van der Waals surface area contributed by atoms with Gasteiger partial charge in [0.15, 0.2) is 0 Å². The Balaban J connectivity index is 2.40. The summed E-state index contributed by atoms with van der Waals surface area (Å²) >= 11 is 0. The fourth-order valence-electron chi connectivity index (χ4n) is 1.73. The Hall–Kier alpha value is -2.41. The molecular formula is C12H15N5O2. The molecule has 0 aliphatic heterocycles. The van der Waals surface area contributed by atoms with Crippen molar-refractivity contribution in [3.63, 3.8) is 0 Å². The SMILES string of the molecule is COc1nc(C)cc(=O)n1Cc1ccnc(NN)c1. The van der Waals surface area contributed by atoms with Crippen LogP contribution in [0.25, 0.3) is 0 Å². The molecule has 0 unspecified atom stereocenters.